The van der Waals surface area contributed by atoms with E-state index in [1.54, 1.807) is 32.7 Å². The molecular weight excluding hydrogens is 244 g/mol. The fraction of sp³-hybridized carbons (Fsp3) is 0.143. The van der Waals surface area contributed by atoms with E-state index in [-0.39, 0.29) is 0 Å². The minimum absolute atomic E-state index is 0.626. The first kappa shape index (κ1) is 12.9. The van der Waals surface area contributed by atoms with Crippen LogP contribution in [0.1, 0.15) is 0 Å². The number of carbonyl (C=O) groups excluding carboxylic acids is 1. The van der Waals surface area contributed by atoms with Gasteiger partial charge in [-0.1, -0.05) is 6.07 Å². The molecule has 1 amide bonds. The fourth-order valence-corrected chi connectivity index (χ4v) is 1.82. The minimum atomic E-state index is 0.626. The molecule has 5 heteroatoms. The Hall–Kier alpha value is -2.56. The zero-order valence-electron chi connectivity index (χ0n) is 10.7. The number of rotatable bonds is 5. The lowest BCUT2D eigenvalue weighted by Crippen LogP contribution is -1.97. The summed E-state index contributed by atoms with van der Waals surface area (Å²) in [6, 6.07) is 7.27. The summed E-state index contributed by atoms with van der Waals surface area (Å²) in [7, 11) is 3.16. The third kappa shape index (κ3) is 2.65. The number of ether oxygens (including phenoxy) is 2. The Balaban J connectivity index is 2.49. The van der Waals surface area contributed by atoms with E-state index in [1.165, 1.54) is 0 Å². The quantitative estimate of drug-likeness (QED) is 0.836. The summed E-state index contributed by atoms with van der Waals surface area (Å²) < 4.78 is 10.5. The van der Waals surface area contributed by atoms with E-state index in [1.807, 2.05) is 18.2 Å². The lowest BCUT2D eigenvalue weighted by Gasteiger charge is -2.11. The normalized spacial score (nSPS) is 9.79. The lowest BCUT2D eigenvalue weighted by atomic mass is 10.1. The van der Waals surface area contributed by atoms with Crippen LogP contribution in [0.3, 0.4) is 0 Å². The highest BCUT2D eigenvalue weighted by atomic mass is 16.5. The van der Waals surface area contributed by atoms with Gasteiger partial charge < -0.3 is 14.8 Å². The molecule has 2 aromatic rings. The Bertz CT molecular complexity index is 585. The number of nitrogens with zero attached hydrogens (tertiary/aromatic N) is 1. The van der Waals surface area contributed by atoms with E-state index >= 15 is 0 Å². The van der Waals surface area contributed by atoms with Crippen LogP contribution in [0.5, 0.6) is 11.5 Å². The Morgan fingerprint density at radius 2 is 1.95 bits per heavy atom. The molecule has 0 fully saturated rings. The first-order valence-corrected chi connectivity index (χ1v) is 5.66. The van der Waals surface area contributed by atoms with Crippen LogP contribution in [-0.2, 0) is 4.79 Å². The molecule has 19 heavy (non-hydrogen) atoms. The fourth-order valence-electron chi connectivity index (χ4n) is 1.82. The number of amides is 1. The number of pyridine rings is 1. The maximum atomic E-state index is 10.6. The third-order valence-electron chi connectivity index (χ3n) is 2.73. The molecule has 1 aromatic heterocycles. The van der Waals surface area contributed by atoms with Crippen LogP contribution >= 0.6 is 0 Å². The molecule has 5 nitrogen and oxygen atoms in total. The van der Waals surface area contributed by atoms with Crippen molar-refractivity contribution in [2.45, 2.75) is 0 Å². The van der Waals surface area contributed by atoms with Crippen LogP contribution in [0, 0.1) is 0 Å². The SMILES string of the molecule is COc1ccc(-c2cnccc2NC=O)cc1OC. The van der Waals surface area contributed by atoms with E-state index in [2.05, 4.69) is 10.3 Å². The summed E-state index contributed by atoms with van der Waals surface area (Å²) in [6.45, 7) is 0. The van der Waals surface area contributed by atoms with Crippen LogP contribution in [0.25, 0.3) is 11.1 Å². The molecule has 1 N–H and O–H groups in total. The first-order chi connectivity index (χ1) is 9.30. The van der Waals surface area contributed by atoms with Gasteiger partial charge >= 0.3 is 0 Å². The van der Waals surface area contributed by atoms with Crippen molar-refractivity contribution in [3.63, 3.8) is 0 Å². The second kappa shape index (κ2) is 5.86. The highest BCUT2D eigenvalue weighted by molar-refractivity contribution is 5.85. The van der Waals surface area contributed by atoms with Gasteiger partial charge in [0.15, 0.2) is 11.5 Å². The van der Waals surface area contributed by atoms with Gasteiger partial charge in [-0.2, -0.15) is 0 Å². The van der Waals surface area contributed by atoms with E-state index in [0.717, 1.165) is 11.1 Å². The molecule has 1 heterocycles. The summed E-state index contributed by atoms with van der Waals surface area (Å²) in [6.07, 6.45) is 3.95. The van der Waals surface area contributed by atoms with Crippen molar-refractivity contribution in [2.24, 2.45) is 0 Å². The zero-order chi connectivity index (χ0) is 13.7. The lowest BCUT2D eigenvalue weighted by molar-refractivity contribution is -0.105. The molecule has 0 aliphatic heterocycles. The van der Waals surface area contributed by atoms with Gasteiger partial charge in [0.1, 0.15) is 0 Å². The number of hydrogen-bond donors (Lipinski definition) is 1. The summed E-state index contributed by atoms with van der Waals surface area (Å²) in [5.41, 5.74) is 2.39. The van der Waals surface area contributed by atoms with Gasteiger partial charge in [-0.25, -0.2) is 0 Å². The van der Waals surface area contributed by atoms with Crippen molar-refractivity contribution >= 4 is 12.1 Å². The molecule has 0 unspecified atom stereocenters. The summed E-state index contributed by atoms with van der Waals surface area (Å²) in [5.74, 6) is 1.28. The highest BCUT2D eigenvalue weighted by Crippen LogP contribution is 2.34. The van der Waals surface area contributed by atoms with Crippen molar-refractivity contribution in [3.8, 4) is 22.6 Å². The largest absolute Gasteiger partial charge is 0.493 e. The Kier molecular flexibility index (Phi) is 3.97. The summed E-state index contributed by atoms with van der Waals surface area (Å²) >= 11 is 0. The molecule has 1 aromatic carbocycles. The predicted octanol–water partition coefficient (Wildman–Crippen LogP) is 2.33. The van der Waals surface area contributed by atoms with Crippen LogP contribution in [0.15, 0.2) is 36.7 Å². The van der Waals surface area contributed by atoms with Gasteiger partial charge in [0, 0.05) is 18.0 Å². The van der Waals surface area contributed by atoms with Gasteiger partial charge in [-0.05, 0) is 23.8 Å². The number of nitrogens with one attached hydrogen (secondary N) is 1. The second-order valence-electron chi connectivity index (χ2n) is 3.75. The van der Waals surface area contributed by atoms with Crippen molar-refractivity contribution < 1.29 is 14.3 Å². The average Bonchev–Trinajstić information content (AvgIpc) is 2.47. The molecule has 0 spiro atoms. The van der Waals surface area contributed by atoms with Crippen LogP contribution in [0.4, 0.5) is 5.69 Å². The first-order valence-electron chi connectivity index (χ1n) is 5.66. The Morgan fingerprint density at radius 3 is 2.63 bits per heavy atom. The van der Waals surface area contributed by atoms with Gasteiger partial charge in [-0.15, -0.1) is 0 Å². The predicted molar refractivity (Wildman–Crippen MR) is 72.5 cm³/mol. The van der Waals surface area contributed by atoms with Gasteiger partial charge in [0.25, 0.3) is 0 Å². The number of hydrogen-bond acceptors (Lipinski definition) is 4. The summed E-state index contributed by atoms with van der Waals surface area (Å²) in [4.78, 5) is 14.7. The monoisotopic (exact) mass is 258 g/mol. The molecular formula is C14H14N2O3. The van der Waals surface area contributed by atoms with Crippen LogP contribution in [-0.4, -0.2) is 25.6 Å². The van der Waals surface area contributed by atoms with Crippen LogP contribution < -0.4 is 14.8 Å². The number of aromatic nitrogens is 1. The maximum Gasteiger partial charge on any atom is 0.211 e. The number of methoxy groups -OCH3 is 2. The van der Waals surface area contributed by atoms with Crippen molar-refractivity contribution in [1.29, 1.82) is 0 Å². The topological polar surface area (TPSA) is 60.5 Å². The molecule has 2 rings (SSSR count). The average molecular weight is 258 g/mol. The number of carbonyl (C=O) groups is 1. The van der Waals surface area contributed by atoms with E-state index in [0.29, 0.717) is 23.6 Å². The van der Waals surface area contributed by atoms with E-state index < -0.39 is 0 Å². The van der Waals surface area contributed by atoms with Crippen molar-refractivity contribution in [1.82, 2.24) is 4.98 Å². The molecule has 0 aliphatic rings. The number of benzene rings is 1. The van der Waals surface area contributed by atoms with E-state index in [9.17, 15) is 4.79 Å². The molecule has 0 radical (unpaired) electrons. The second-order valence-corrected chi connectivity index (χ2v) is 3.75. The molecule has 98 valence electrons. The third-order valence-corrected chi connectivity index (χ3v) is 2.73. The molecule has 0 saturated heterocycles. The standard InChI is InChI=1S/C14H14N2O3/c1-18-13-4-3-10(7-14(13)19-2)11-8-15-6-5-12(11)16-9-17/h3-9H,1-2H3,(H,15,16,17). The molecule has 0 aliphatic carbocycles. The van der Waals surface area contributed by atoms with E-state index in [4.69, 9.17) is 9.47 Å². The number of anilines is 1. The van der Waals surface area contributed by atoms with Crippen molar-refractivity contribution in [2.75, 3.05) is 19.5 Å². The smallest absolute Gasteiger partial charge is 0.211 e. The van der Waals surface area contributed by atoms with Gasteiger partial charge in [0.05, 0.1) is 19.9 Å². The van der Waals surface area contributed by atoms with Gasteiger partial charge in [0.2, 0.25) is 6.41 Å². The zero-order valence-corrected chi connectivity index (χ0v) is 10.7. The van der Waals surface area contributed by atoms with Gasteiger partial charge in [-0.3, -0.25) is 9.78 Å². The maximum absolute atomic E-state index is 10.6. The van der Waals surface area contributed by atoms with Crippen LogP contribution in [0.2, 0.25) is 0 Å². The molecule has 0 saturated carbocycles. The molecule has 0 bridgehead atoms. The highest BCUT2D eigenvalue weighted by Gasteiger charge is 2.09. The molecule has 0 atom stereocenters. The minimum Gasteiger partial charge on any atom is -0.493 e. The Labute approximate surface area is 111 Å². The Morgan fingerprint density at radius 1 is 1.16 bits per heavy atom. The van der Waals surface area contributed by atoms with Crippen molar-refractivity contribution in [3.05, 3.63) is 36.7 Å². The summed E-state index contributed by atoms with van der Waals surface area (Å²) in [5, 5.41) is 2.65.